The topological polar surface area (TPSA) is 52.5 Å². The molecule has 0 radical (unpaired) electrons. The summed E-state index contributed by atoms with van der Waals surface area (Å²) in [5.74, 6) is 2.51. The van der Waals surface area contributed by atoms with Gasteiger partial charge in [0, 0.05) is 34.9 Å². The third-order valence-corrected chi connectivity index (χ3v) is 6.85. The first-order valence-corrected chi connectivity index (χ1v) is 11.1. The largest absolute Gasteiger partial charge is 0.466 e. The van der Waals surface area contributed by atoms with Crippen molar-refractivity contribution >= 4 is 21.6 Å². The number of ether oxygens (including phenoxy) is 4. The van der Waals surface area contributed by atoms with Gasteiger partial charge >= 0.3 is 0 Å². The van der Waals surface area contributed by atoms with Crippen LogP contribution in [-0.2, 0) is 4.74 Å². The van der Waals surface area contributed by atoms with E-state index in [-0.39, 0.29) is 18.4 Å². The second-order valence-electron chi connectivity index (χ2n) is 8.94. The van der Waals surface area contributed by atoms with E-state index in [4.69, 9.17) is 24.0 Å². The molecule has 6 rings (SSSR count). The van der Waals surface area contributed by atoms with Gasteiger partial charge in [-0.3, -0.25) is 0 Å². The van der Waals surface area contributed by atoms with Crippen molar-refractivity contribution in [2.45, 2.75) is 50.5 Å². The summed E-state index contributed by atoms with van der Waals surface area (Å²) in [6, 6.07) is 12.5. The average molecular weight is 471 g/mol. The molecule has 4 aliphatic rings. The van der Waals surface area contributed by atoms with Crippen LogP contribution in [0.4, 0.5) is 0 Å². The maximum atomic E-state index is 6.70. The Balaban J connectivity index is 1.45. The van der Waals surface area contributed by atoms with E-state index in [1.165, 1.54) is 5.56 Å². The van der Waals surface area contributed by atoms with Crippen LogP contribution in [0.3, 0.4) is 0 Å². The molecule has 0 N–H and O–H groups in total. The zero-order chi connectivity index (χ0) is 20.5. The van der Waals surface area contributed by atoms with Crippen LogP contribution in [0.25, 0.3) is 0 Å². The summed E-state index contributed by atoms with van der Waals surface area (Å²) in [7, 11) is 0. The van der Waals surface area contributed by atoms with Gasteiger partial charge in [0.2, 0.25) is 12.5 Å². The molecule has 2 unspecified atom stereocenters. The molecular weight excluding hydrogens is 448 g/mol. The first-order chi connectivity index (χ1) is 14.4. The lowest BCUT2D eigenvalue weighted by molar-refractivity contribution is -0.212. The van der Waals surface area contributed by atoms with E-state index in [9.17, 15) is 0 Å². The molecule has 0 saturated carbocycles. The van der Waals surface area contributed by atoms with Crippen molar-refractivity contribution in [3.05, 3.63) is 52.0 Å². The molecule has 0 bridgehead atoms. The van der Waals surface area contributed by atoms with Crippen LogP contribution in [0.2, 0.25) is 0 Å². The van der Waals surface area contributed by atoms with Crippen LogP contribution in [-0.4, -0.2) is 35.4 Å². The predicted molar refractivity (Wildman–Crippen MR) is 115 cm³/mol. The summed E-state index contributed by atoms with van der Waals surface area (Å²) in [6.07, 6.45) is 2.35. The highest BCUT2D eigenvalue weighted by Crippen LogP contribution is 2.52. The standard InChI is InChI=1S/C23H23BrN2O4/c1-22(2)12-23(7-8-29-22)26-18(16-10-15(24)4-6-19(16)30-23)11-17(25-26)14-3-5-20-21(9-14)28-13-27-20/h3-6,9-10,18H,7-8,11-13H2,1-2H3. The Bertz CT molecular complexity index is 1070. The van der Waals surface area contributed by atoms with Gasteiger partial charge in [0.05, 0.1) is 24.0 Å². The van der Waals surface area contributed by atoms with Crippen LogP contribution < -0.4 is 14.2 Å². The van der Waals surface area contributed by atoms with Gasteiger partial charge in [-0.25, -0.2) is 5.01 Å². The second-order valence-corrected chi connectivity index (χ2v) is 9.86. The van der Waals surface area contributed by atoms with Gasteiger partial charge in [0.25, 0.3) is 0 Å². The lowest BCUT2D eigenvalue weighted by Crippen LogP contribution is -2.60. The molecule has 2 aromatic carbocycles. The fourth-order valence-electron chi connectivity index (χ4n) is 5.08. The Hall–Kier alpha value is -2.25. The fourth-order valence-corrected chi connectivity index (χ4v) is 5.46. The Morgan fingerprint density at radius 2 is 1.90 bits per heavy atom. The van der Waals surface area contributed by atoms with Crippen LogP contribution in [0.5, 0.6) is 17.2 Å². The van der Waals surface area contributed by atoms with Gasteiger partial charge in [-0.1, -0.05) is 15.9 Å². The summed E-state index contributed by atoms with van der Waals surface area (Å²) in [5.41, 5.74) is 2.49. The molecule has 1 fully saturated rings. The number of hydrogen-bond donors (Lipinski definition) is 0. The van der Waals surface area contributed by atoms with Gasteiger partial charge in [-0.2, -0.15) is 5.10 Å². The maximum Gasteiger partial charge on any atom is 0.231 e. The number of benzene rings is 2. The molecule has 2 atom stereocenters. The van der Waals surface area contributed by atoms with Crippen molar-refractivity contribution in [1.82, 2.24) is 5.01 Å². The lowest BCUT2D eigenvalue weighted by atomic mass is 9.86. The van der Waals surface area contributed by atoms with Crippen molar-refractivity contribution < 1.29 is 18.9 Å². The second kappa shape index (κ2) is 6.37. The van der Waals surface area contributed by atoms with Gasteiger partial charge in [0.15, 0.2) is 11.5 Å². The Kier molecular flexibility index (Phi) is 3.93. The zero-order valence-corrected chi connectivity index (χ0v) is 18.6. The highest BCUT2D eigenvalue weighted by molar-refractivity contribution is 9.10. The Morgan fingerprint density at radius 3 is 2.77 bits per heavy atom. The van der Waals surface area contributed by atoms with Crippen LogP contribution in [0.1, 0.15) is 50.3 Å². The number of rotatable bonds is 1. The minimum atomic E-state index is -0.509. The van der Waals surface area contributed by atoms with E-state index in [1.807, 2.05) is 18.2 Å². The smallest absolute Gasteiger partial charge is 0.231 e. The molecule has 7 heteroatoms. The molecule has 2 aromatic rings. The molecule has 0 aliphatic carbocycles. The minimum absolute atomic E-state index is 0.126. The van der Waals surface area contributed by atoms with Gasteiger partial charge < -0.3 is 18.9 Å². The fraction of sp³-hybridized carbons (Fsp3) is 0.435. The molecular formula is C23H23BrN2O4. The van der Waals surface area contributed by atoms with Crippen molar-refractivity contribution in [1.29, 1.82) is 0 Å². The maximum absolute atomic E-state index is 6.70. The number of nitrogens with zero attached hydrogens (tertiary/aromatic N) is 2. The van der Waals surface area contributed by atoms with Crippen LogP contribution in [0, 0.1) is 0 Å². The number of fused-ring (bicyclic) bond motifs is 5. The van der Waals surface area contributed by atoms with Crippen LogP contribution in [0.15, 0.2) is 46.0 Å². The Morgan fingerprint density at radius 1 is 1.07 bits per heavy atom. The molecule has 0 aromatic heterocycles. The lowest BCUT2D eigenvalue weighted by Gasteiger charge is -2.52. The summed E-state index contributed by atoms with van der Waals surface area (Å²) >= 11 is 3.62. The minimum Gasteiger partial charge on any atom is -0.466 e. The van der Waals surface area contributed by atoms with E-state index >= 15 is 0 Å². The molecule has 30 heavy (non-hydrogen) atoms. The summed E-state index contributed by atoms with van der Waals surface area (Å²) < 4.78 is 24.8. The third kappa shape index (κ3) is 2.82. The highest BCUT2D eigenvalue weighted by Gasteiger charge is 2.54. The van der Waals surface area contributed by atoms with E-state index < -0.39 is 5.72 Å². The average Bonchev–Trinajstić information content (AvgIpc) is 3.35. The summed E-state index contributed by atoms with van der Waals surface area (Å²) in [6.45, 7) is 5.17. The van der Waals surface area contributed by atoms with E-state index in [0.717, 1.165) is 52.3 Å². The number of hydrogen-bond acceptors (Lipinski definition) is 6. The number of hydrazone groups is 1. The van der Waals surface area contributed by atoms with Crippen LogP contribution >= 0.6 is 15.9 Å². The SMILES string of the molecule is CC1(C)CC2(CCO1)Oc1ccc(Br)cc1C1CC(c3ccc4c(c3)OCO4)=NN12. The number of halogens is 1. The first kappa shape index (κ1) is 18.5. The van der Waals surface area contributed by atoms with Crippen molar-refractivity contribution in [3.8, 4) is 17.2 Å². The zero-order valence-electron chi connectivity index (χ0n) is 17.0. The summed E-state index contributed by atoms with van der Waals surface area (Å²) in [4.78, 5) is 0. The molecule has 1 saturated heterocycles. The third-order valence-electron chi connectivity index (χ3n) is 6.35. The molecule has 156 valence electrons. The quantitative estimate of drug-likeness (QED) is 0.586. The summed E-state index contributed by atoms with van der Waals surface area (Å²) in [5, 5.41) is 7.33. The van der Waals surface area contributed by atoms with Gasteiger partial charge in [-0.05, 0) is 50.2 Å². The molecule has 0 amide bonds. The van der Waals surface area contributed by atoms with Gasteiger partial charge in [0.1, 0.15) is 5.75 Å². The molecule has 1 spiro atoms. The normalized spacial score (nSPS) is 28.0. The van der Waals surface area contributed by atoms with Gasteiger partial charge in [-0.15, -0.1) is 0 Å². The highest BCUT2D eigenvalue weighted by atomic mass is 79.9. The Labute approximate surface area is 183 Å². The van der Waals surface area contributed by atoms with E-state index in [1.54, 1.807) is 0 Å². The van der Waals surface area contributed by atoms with E-state index in [0.29, 0.717) is 6.61 Å². The monoisotopic (exact) mass is 470 g/mol. The molecule has 4 aliphatic heterocycles. The first-order valence-electron chi connectivity index (χ1n) is 10.3. The van der Waals surface area contributed by atoms with Crippen molar-refractivity contribution in [2.75, 3.05) is 13.4 Å². The molecule has 6 nitrogen and oxygen atoms in total. The van der Waals surface area contributed by atoms with Crippen molar-refractivity contribution in [3.63, 3.8) is 0 Å². The van der Waals surface area contributed by atoms with E-state index in [2.05, 4.69) is 53.0 Å². The van der Waals surface area contributed by atoms with Crippen molar-refractivity contribution in [2.24, 2.45) is 5.10 Å². The predicted octanol–water partition coefficient (Wildman–Crippen LogP) is 5.01. The molecule has 4 heterocycles.